The van der Waals surface area contributed by atoms with E-state index in [0.29, 0.717) is 18.2 Å². The zero-order valence-electron chi connectivity index (χ0n) is 12.6. The van der Waals surface area contributed by atoms with Gasteiger partial charge in [0.05, 0.1) is 5.60 Å². The Balaban J connectivity index is 1.96. The summed E-state index contributed by atoms with van der Waals surface area (Å²) in [5.74, 6) is 0.128. The van der Waals surface area contributed by atoms with Crippen LogP contribution >= 0.6 is 0 Å². The predicted octanol–water partition coefficient (Wildman–Crippen LogP) is 1.97. The number of carbonyl (C=O) groups is 1. The molecule has 2 N–H and O–H groups in total. The molecule has 2 rings (SSSR count). The number of nitrogens with zero attached hydrogens (tertiary/aromatic N) is 2. The number of hydrogen-bond donors (Lipinski definition) is 2. The Bertz CT molecular complexity index is 473. The lowest BCUT2D eigenvalue weighted by Crippen LogP contribution is -2.44. The van der Waals surface area contributed by atoms with Gasteiger partial charge in [0.2, 0.25) is 0 Å². The van der Waals surface area contributed by atoms with Crippen molar-refractivity contribution < 1.29 is 9.90 Å². The first-order chi connectivity index (χ1) is 9.41. The van der Waals surface area contributed by atoms with Gasteiger partial charge in [-0.25, -0.2) is 0 Å². The molecule has 1 fully saturated rings. The molecule has 1 aliphatic rings. The maximum Gasteiger partial charge on any atom is 0.271 e. The van der Waals surface area contributed by atoms with Crippen LogP contribution in [-0.4, -0.2) is 32.9 Å². The number of aliphatic hydroxyl groups is 1. The van der Waals surface area contributed by atoms with Crippen LogP contribution in [0.25, 0.3) is 0 Å². The molecule has 1 aliphatic carbocycles. The van der Waals surface area contributed by atoms with Crippen molar-refractivity contribution in [2.45, 2.75) is 57.5 Å². The highest BCUT2D eigenvalue weighted by molar-refractivity contribution is 5.92. The van der Waals surface area contributed by atoms with Crippen LogP contribution in [0.1, 0.15) is 68.1 Å². The van der Waals surface area contributed by atoms with Crippen LogP contribution in [-0.2, 0) is 7.05 Å². The van der Waals surface area contributed by atoms with Gasteiger partial charge in [0.15, 0.2) is 0 Å². The van der Waals surface area contributed by atoms with Crippen molar-refractivity contribution in [3.05, 3.63) is 17.5 Å². The molecule has 0 aromatic carbocycles. The molecular formula is C15H25N3O2. The van der Waals surface area contributed by atoms with Crippen LogP contribution < -0.4 is 5.32 Å². The summed E-state index contributed by atoms with van der Waals surface area (Å²) in [6.07, 6.45) is 4.79. The lowest BCUT2D eigenvalue weighted by Gasteiger charge is -2.31. The van der Waals surface area contributed by atoms with E-state index in [-0.39, 0.29) is 5.91 Å². The largest absolute Gasteiger partial charge is 0.388 e. The predicted molar refractivity (Wildman–Crippen MR) is 77.7 cm³/mol. The second-order valence-electron chi connectivity index (χ2n) is 6.20. The van der Waals surface area contributed by atoms with Crippen molar-refractivity contribution in [1.82, 2.24) is 15.1 Å². The Morgan fingerprint density at radius 1 is 1.45 bits per heavy atom. The lowest BCUT2D eigenvalue weighted by atomic mass is 9.85. The number of hydrogen-bond acceptors (Lipinski definition) is 3. The normalized spacial score (nSPS) is 18.2. The summed E-state index contributed by atoms with van der Waals surface area (Å²) in [5.41, 5.74) is 0.728. The summed E-state index contributed by atoms with van der Waals surface area (Å²) in [6.45, 7) is 4.46. The molecule has 1 aromatic heterocycles. The monoisotopic (exact) mass is 279 g/mol. The Hall–Kier alpha value is -1.36. The van der Waals surface area contributed by atoms with Gasteiger partial charge in [0.25, 0.3) is 5.91 Å². The van der Waals surface area contributed by atoms with Gasteiger partial charge in [-0.1, -0.05) is 33.1 Å². The number of carbonyl (C=O) groups excluding carboxylic acids is 1. The third-order valence-electron chi connectivity index (χ3n) is 4.10. The Labute approximate surface area is 120 Å². The summed E-state index contributed by atoms with van der Waals surface area (Å²) in [5, 5.41) is 17.4. The highest BCUT2D eigenvalue weighted by Gasteiger charge is 2.29. The van der Waals surface area contributed by atoms with Gasteiger partial charge >= 0.3 is 0 Å². The second-order valence-corrected chi connectivity index (χ2v) is 6.20. The molecule has 0 radical (unpaired) electrons. The molecule has 1 heterocycles. The van der Waals surface area contributed by atoms with E-state index in [1.54, 1.807) is 4.68 Å². The average Bonchev–Trinajstić information content (AvgIpc) is 2.79. The Morgan fingerprint density at radius 3 is 2.65 bits per heavy atom. The molecule has 1 saturated carbocycles. The summed E-state index contributed by atoms with van der Waals surface area (Å²) in [7, 11) is 1.85. The number of aryl methyl sites for hydroxylation is 1. The Kier molecular flexibility index (Phi) is 4.48. The highest BCUT2D eigenvalue weighted by Crippen LogP contribution is 2.27. The molecule has 0 saturated heterocycles. The Morgan fingerprint density at radius 2 is 2.10 bits per heavy atom. The van der Waals surface area contributed by atoms with Crippen LogP contribution in [0.15, 0.2) is 6.07 Å². The first-order valence-electron chi connectivity index (χ1n) is 7.46. The van der Waals surface area contributed by atoms with E-state index in [1.807, 2.05) is 13.1 Å². The fourth-order valence-electron chi connectivity index (χ4n) is 2.86. The van der Waals surface area contributed by atoms with E-state index in [0.717, 1.165) is 31.4 Å². The van der Waals surface area contributed by atoms with E-state index in [2.05, 4.69) is 24.3 Å². The standard InChI is InChI=1S/C15H25N3O2/c1-11(2)13-9-12(17-18(13)3)14(19)16-10-15(20)7-5-4-6-8-15/h9,11,20H,4-8,10H2,1-3H3,(H,16,19). The van der Waals surface area contributed by atoms with Crippen molar-refractivity contribution >= 4 is 5.91 Å². The zero-order valence-corrected chi connectivity index (χ0v) is 12.6. The third-order valence-corrected chi connectivity index (χ3v) is 4.10. The second kappa shape index (κ2) is 5.95. The maximum absolute atomic E-state index is 12.1. The van der Waals surface area contributed by atoms with Crippen LogP contribution in [0.4, 0.5) is 0 Å². The molecule has 0 aliphatic heterocycles. The molecule has 112 valence electrons. The zero-order chi connectivity index (χ0) is 14.8. The van der Waals surface area contributed by atoms with Crippen molar-refractivity contribution in [2.24, 2.45) is 7.05 Å². The van der Waals surface area contributed by atoms with Gasteiger partial charge in [-0.15, -0.1) is 0 Å². The SMILES string of the molecule is CC(C)c1cc(C(=O)NCC2(O)CCCCC2)nn1C. The van der Waals surface area contributed by atoms with Crippen molar-refractivity contribution in [1.29, 1.82) is 0 Å². The van der Waals surface area contributed by atoms with Gasteiger partial charge < -0.3 is 10.4 Å². The molecular weight excluding hydrogens is 254 g/mol. The van der Waals surface area contributed by atoms with Gasteiger partial charge in [0.1, 0.15) is 5.69 Å². The molecule has 0 bridgehead atoms. The van der Waals surface area contributed by atoms with E-state index in [4.69, 9.17) is 0 Å². The van der Waals surface area contributed by atoms with Crippen LogP contribution in [0.3, 0.4) is 0 Å². The minimum Gasteiger partial charge on any atom is -0.388 e. The number of nitrogens with one attached hydrogen (secondary N) is 1. The fraction of sp³-hybridized carbons (Fsp3) is 0.733. The van der Waals surface area contributed by atoms with Crippen molar-refractivity contribution in [3.63, 3.8) is 0 Å². The summed E-state index contributed by atoms with van der Waals surface area (Å²) in [4.78, 5) is 12.1. The van der Waals surface area contributed by atoms with E-state index in [9.17, 15) is 9.90 Å². The van der Waals surface area contributed by atoms with Crippen LogP contribution in [0.5, 0.6) is 0 Å². The summed E-state index contributed by atoms with van der Waals surface area (Å²) >= 11 is 0. The quantitative estimate of drug-likeness (QED) is 0.885. The molecule has 1 aromatic rings. The molecule has 0 spiro atoms. The van der Waals surface area contributed by atoms with Crippen LogP contribution in [0, 0.1) is 0 Å². The van der Waals surface area contributed by atoms with Crippen LogP contribution in [0.2, 0.25) is 0 Å². The van der Waals surface area contributed by atoms with Crippen molar-refractivity contribution in [3.8, 4) is 0 Å². The minimum atomic E-state index is -0.733. The van der Waals surface area contributed by atoms with E-state index >= 15 is 0 Å². The topological polar surface area (TPSA) is 67.2 Å². The molecule has 0 atom stereocenters. The highest BCUT2D eigenvalue weighted by atomic mass is 16.3. The first-order valence-corrected chi connectivity index (χ1v) is 7.46. The number of aromatic nitrogens is 2. The molecule has 5 heteroatoms. The summed E-state index contributed by atoms with van der Waals surface area (Å²) in [6, 6.07) is 1.82. The molecule has 0 unspecified atom stereocenters. The molecule has 20 heavy (non-hydrogen) atoms. The maximum atomic E-state index is 12.1. The molecule has 5 nitrogen and oxygen atoms in total. The van der Waals surface area contributed by atoms with Gasteiger partial charge in [-0.2, -0.15) is 5.10 Å². The van der Waals surface area contributed by atoms with Gasteiger partial charge in [0, 0.05) is 19.3 Å². The summed E-state index contributed by atoms with van der Waals surface area (Å²) < 4.78 is 1.74. The smallest absolute Gasteiger partial charge is 0.271 e. The minimum absolute atomic E-state index is 0.202. The lowest BCUT2D eigenvalue weighted by molar-refractivity contribution is 0.00521. The van der Waals surface area contributed by atoms with E-state index in [1.165, 1.54) is 6.42 Å². The van der Waals surface area contributed by atoms with Gasteiger partial charge in [-0.3, -0.25) is 9.48 Å². The average molecular weight is 279 g/mol. The number of rotatable bonds is 4. The first kappa shape index (κ1) is 15.0. The number of amides is 1. The third kappa shape index (κ3) is 3.39. The fourth-order valence-corrected chi connectivity index (χ4v) is 2.86. The molecule has 1 amide bonds. The van der Waals surface area contributed by atoms with Crippen molar-refractivity contribution in [2.75, 3.05) is 6.54 Å². The van der Waals surface area contributed by atoms with E-state index < -0.39 is 5.60 Å². The van der Waals surface area contributed by atoms with Gasteiger partial charge in [-0.05, 0) is 24.8 Å².